The lowest BCUT2D eigenvalue weighted by Gasteiger charge is -2.20. The van der Waals surface area contributed by atoms with Gasteiger partial charge in [0.1, 0.15) is 0 Å². The zero-order chi connectivity index (χ0) is 14.1. The zero-order valence-corrected chi connectivity index (χ0v) is 14.6. The third-order valence-electron chi connectivity index (χ3n) is 3.13. The van der Waals surface area contributed by atoms with E-state index in [2.05, 4.69) is 22.2 Å². The van der Waals surface area contributed by atoms with Gasteiger partial charge in [-0.2, -0.15) is 0 Å². The first-order chi connectivity index (χ1) is 9.60. The molecule has 3 rings (SSSR count). The average molecular weight is 364 g/mol. The first-order valence-electron chi connectivity index (χ1n) is 6.31. The molecule has 0 aliphatic carbocycles. The van der Waals surface area contributed by atoms with Gasteiger partial charge in [0.05, 0.1) is 16.5 Å². The van der Waals surface area contributed by atoms with Gasteiger partial charge in [-0.05, 0) is 19.2 Å². The van der Waals surface area contributed by atoms with Crippen LogP contribution >= 0.6 is 46.7 Å². The van der Waals surface area contributed by atoms with Gasteiger partial charge in [0.15, 0.2) is 5.13 Å². The summed E-state index contributed by atoms with van der Waals surface area (Å²) >= 11 is 8.87. The minimum absolute atomic E-state index is 0. The third-order valence-corrected chi connectivity index (χ3v) is 5.36. The standard InChI is InChI=1S/C13H14ClN3OS2.ClH/c1-17-5-4-9-10(7-17)20-13(15-9)16-12(18)6-8-2-3-11(14)19-8;/h2-3H,4-7H2,1H3,(H,15,16,18);1H. The van der Waals surface area contributed by atoms with E-state index >= 15 is 0 Å². The van der Waals surface area contributed by atoms with Crippen LogP contribution in [0.3, 0.4) is 0 Å². The number of hydrogen-bond donors (Lipinski definition) is 1. The van der Waals surface area contributed by atoms with Crippen LogP contribution in [0, 0.1) is 0 Å². The Balaban J connectivity index is 0.00000161. The Bertz CT molecular complexity index is 641. The quantitative estimate of drug-likeness (QED) is 0.907. The highest BCUT2D eigenvalue weighted by Crippen LogP contribution is 2.28. The number of fused-ring (bicyclic) bond motifs is 1. The number of rotatable bonds is 3. The lowest BCUT2D eigenvalue weighted by atomic mass is 10.2. The molecule has 0 unspecified atom stereocenters. The average Bonchev–Trinajstić information content (AvgIpc) is 2.94. The van der Waals surface area contributed by atoms with E-state index in [4.69, 9.17) is 11.6 Å². The number of thiophene rings is 1. The molecule has 1 aliphatic heterocycles. The van der Waals surface area contributed by atoms with Crippen molar-refractivity contribution in [3.63, 3.8) is 0 Å². The maximum Gasteiger partial charge on any atom is 0.231 e. The fraction of sp³-hybridized carbons (Fsp3) is 0.385. The molecule has 2 aromatic rings. The molecule has 21 heavy (non-hydrogen) atoms. The fourth-order valence-corrected chi connectivity index (χ4v) is 4.34. The van der Waals surface area contributed by atoms with Gasteiger partial charge in [-0.25, -0.2) is 4.98 Å². The van der Waals surface area contributed by atoms with Crippen molar-refractivity contribution in [2.24, 2.45) is 0 Å². The second kappa shape index (κ2) is 7.07. The van der Waals surface area contributed by atoms with E-state index < -0.39 is 0 Å². The normalized spacial score (nSPS) is 14.4. The van der Waals surface area contributed by atoms with Crippen molar-refractivity contribution in [3.05, 3.63) is 31.9 Å². The second-order valence-corrected chi connectivity index (χ2v) is 7.69. The van der Waals surface area contributed by atoms with Crippen LogP contribution in [0.1, 0.15) is 15.4 Å². The van der Waals surface area contributed by atoms with E-state index in [1.54, 1.807) is 11.3 Å². The monoisotopic (exact) mass is 363 g/mol. The number of anilines is 1. The number of thiazole rings is 1. The lowest BCUT2D eigenvalue weighted by molar-refractivity contribution is -0.115. The molecule has 2 aromatic heterocycles. The molecule has 0 atom stereocenters. The molecule has 0 spiro atoms. The second-order valence-electron chi connectivity index (χ2n) is 4.81. The van der Waals surface area contributed by atoms with Crippen LogP contribution in [0.5, 0.6) is 0 Å². The van der Waals surface area contributed by atoms with Crippen LogP contribution in [0.4, 0.5) is 5.13 Å². The Morgan fingerprint density at radius 1 is 1.48 bits per heavy atom. The van der Waals surface area contributed by atoms with Crippen molar-refractivity contribution in [1.82, 2.24) is 9.88 Å². The van der Waals surface area contributed by atoms with E-state index in [9.17, 15) is 4.79 Å². The minimum atomic E-state index is -0.0389. The summed E-state index contributed by atoms with van der Waals surface area (Å²) in [7, 11) is 2.10. The summed E-state index contributed by atoms with van der Waals surface area (Å²) in [6.07, 6.45) is 1.31. The molecule has 114 valence electrons. The van der Waals surface area contributed by atoms with Crippen LogP contribution in [-0.4, -0.2) is 29.4 Å². The van der Waals surface area contributed by atoms with Gasteiger partial charge in [0, 0.05) is 29.3 Å². The SMILES string of the molecule is CN1CCc2nc(NC(=O)Cc3ccc(Cl)s3)sc2C1.Cl. The van der Waals surface area contributed by atoms with Crippen molar-refractivity contribution in [2.75, 3.05) is 18.9 Å². The Hall–Kier alpha value is -0.660. The van der Waals surface area contributed by atoms with Gasteiger partial charge < -0.3 is 10.2 Å². The molecule has 0 aromatic carbocycles. The minimum Gasteiger partial charge on any atom is -0.302 e. The van der Waals surface area contributed by atoms with E-state index in [0.717, 1.165) is 30.1 Å². The summed E-state index contributed by atoms with van der Waals surface area (Å²) in [5.41, 5.74) is 1.13. The topological polar surface area (TPSA) is 45.2 Å². The van der Waals surface area contributed by atoms with E-state index in [0.29, 0.717) is 15.9 Å². The number of halogens is 2. The molecule has 0 bridgehead atoms. The Morgan fingerprint density at radius 3 is 3.00 bits per heavy atom. The van der Waals surface area contributed by atoms with Crippen molar-refractivity contribution in [1.29, 1.82) is 0 Å². The number of likely N-dealkylation sites (N-methyl/N-ethyl adjacent to an activating group) is 1. The number of nitrogens with zero attached hydrogens (tertiary/aromatic N) is 2. The molecule has 1 amide bonds. The van der Waals surface area contributed by atoms with E-state index in [1.807, 2.05) is 12.1 Å². The highest BCUT2D eigenvalue weighted by Gasteiger charge is 2.19. The molecule has 0 saturated heterocycles. The number of aromatic nitrogens is 1. The summed E-state index contributed by atoms with van der Waals surface area (Å²) in [5, 5.41) is 3.59. The van der Waals surface area contributed by atoms with Gasteiger partial charge >= 0.3 is 0 Å². The summed E-state index contributed by atoms with van der Waals surface area (Å²) < 4.78 is 0.709. The number of amides is 1. The summed E-state index contributed by atoms with van der Waals surface area (Å²) in [6, 6.07) is 3.70. The lowest BCUT2D eigenvalue weighted by Crippen LogP contribution is -2.25. The Kier molecular flexibility index (Phi) is 5.62. The highest BCUT2D eigenvalue weighted by atomic mass is 35.5. The van der Waals surface area contributed by atoms with Crippen molar-refractivity contribution in [2.45, 2.75) is 19.4 Å². The van der Waals surface area contributed by atoms with Crippen molar-refractivity contribution in [3.8, 4) is 0 Å². The first-order valence-corrected chi connectivity index (χ1v) is 8.32. The van der Waals surface area contributed by atoms with Crippen LogP contribution in [0.15, 0.2) is 12.1 Å². The molecule has 0 fully saturated rings. The molecule has 8 heteroatoms. The number of carbonyl (C=O) groups is 1. The molecular formula is C13H15Cl2N3OS2. The summed E-state index contributed by atoms with van der Waals surface area (Å²) in [4.78, 5) is 21.0. The predicted octanol–water partition coefficient (Wildman–Crippen LogP) is 3.45. The van der Waals surface area contributed by atoms with Gasteiger partial charge in [-0.15, -0.1) is 35.1 Å². The molecule has 0 radical (unpaired) electrons. The predicted molar refractivity (Wildman–Crippen MR) is 91.1 cm³/mol. The van der Waals surface area contributed by atoms with Crippen molar-refractivity contribution >= 4 is 57.7 Å². The Morgan fingerprint density at radius 2 is 2.29 bits per heavy atom. The molecular weight excluding hydrogens is 349 g/mol. The molecule has 3 heterocycles. The molecule has 4 nitrogen and oxygen atoms in total. The summed E-state index contributed by atoms with van der Waals surface area (Å²) in [5.74, 6) is -0.0389. The fourth-order valence-electron chi connectivity index (χ4n) is 2.15. The Labute approximate surface area is 142 Å². The smallest absolute Gasteiger partial charge is 0.231 e. The van der Waals surface area contributed by atoms with E-state index in [-0.39, 0.29) is 18.3 Å². The third kappa shape index (κ3) is 4.17. The van der Waals surface area contributed by atoms with Gasteiger partial charge in [0.25, 0.3) is 0 Å². The summed E-state index contributed by atoms with van der Waals surface area (Å²) in [6.45, 7) is 1.95. The van der Waals surface area contributed by atoms with E-state index in [1.165, 1.54) is 16.2 Å². The maximum absolute atomic E-state index is 12.0. The number of nitrogens with one attached hydrogen (secondary N) is 1. The van der Waals surface area contributed by atoms with Gasteiger partial charge in [-0.1, -0.05) is 11.6 Å². The largest absolute Gasteiger partial charge is 0.302 e. The van der Waals surface area contributed by atoms with Crippen molar-refractivity contribution < 1.29 is 4.79 Å². The maximum atomic E-state index is 12.0. The highest BCUT2D eigenvalue weighted by molar-refractivity contribution is 7.16. The number of hydrogen-bond acceptors (Lipinski definition) is 5. The van der Waals surface area contributed by atoms with Crippen LogP contribution < -0.4 is 5.32 Å². The molecule has 1 N–H and O–H groups in total. The van der Waals surface area contributed by atoms with Gasteiger partial charge in [-0.3, -0.25) is 4.79 Å². The number of carbonyl (C=O) groups excluding carboxylic acids is 1. The van der Waals surface area contributed by atoms with Crippen LogP contribution in [0.25, 0.3) is 0 Å². The first kappa shape index (κ1) is 16.7. The van der Waals surface area contributed by atoms with Crippen LogP contribution in [0.2, 0.25) is 4.34 Å². The van der Waals surface area contributed by atoms with Gasteiger partial charge in [0.2, 0.25) is 5.91 Å². The molecule has 1 aliphatic rings. The molecule has 0 saturated carbocycles. The van der Waals surface area contributed by atoms with Crippen LogP contribution in [-0.2, 0) is 24.2 Å². The zero-order valence-electron chi connectivity index (χ0n) is 11.4.